The van der Waals surface area contributed by atoms with Gasteiger partial charge in [0.05, 0.1) is 5.56 Å². The number of halogens is 1. The zero-order chi connectivity index (χ0) is 14.5. The summed E-state index contributed by atoms with van der Waals surface area (Å²) in [5.41, 5.74) is 3.07. The summed E-state index contributed by atoms with van der Waals surface area (Å²) in [4.78, 5) is 11.1. The summed E-state index contributed by atoms with van der Waals surface area (Å²) in [6.45, 7) is 2.03. The number of hydrogen-bond donors (Lipinski definition) is 1. The van der Waals surface area contributed by atoms with Crippen molar-refractivity contribution in [3.05, 3.63) is 70.5 Å². The third-order valence-electron chi connectivity index (χ3n) is 2.91. The second-order valence-electron chi connectivity index (χ2n) is 4.59. The van der Waals surface area contributed by atoms with Crippen LogP contribution in [0.3, 0.4) is 0 Å². The van der Waals surface area contributed by atoms with Crippen LogP contribution in [0.5, 0.6) is 0 Å². The van der Waals surface area contributed by atoms with Crippen LogP contribution in [0, 0.1) is 12.7 Å². The van der Waals surface area contributed by atoms with E-state index in [1.807, 2.05) is 25.1 Å². The molecule has 104 valence electrons. The number of thioether (sulfide) groups is 1. The van der Waals surface area contributed by atoms with Gasteiger partial charge in [0.25, 0.3) is 0 Å². The number of carboxylic acids is 1. The molecule has 2 aromatic rings. The number of carboxylic acid groups (broad SMARTS) is 1. The van der Waals surface area contributed by atoms with Crippen LogP contribution in [0.4, 0.5) is 4.39 Å². The van der Waals surface area contributed by atoms with Gasteiger partial charge < -0.3 is 5.11 Å². The van der Waals surface area contributed by atoms with Gasteiger partial charge in [-0.15, -0.1) is 0 Å². The lowest BCUT2D eigenvalue weighted by molar-refractivity contribution is 0.0696. The Morgan fingerprint density at radius 1 is 1.20 bits per heavy atom. The van der Waals surface area contributed by atoms with Crippen LogP contribution >= 0.6 is 11.8 Å². The molecule has 1 N–H and O–H groups in total. The van der Waals surface area contributed by atoms with Gasteiger partial charge in [0.15, 0.2) is 0 Å². The summed E-state index contributed by atoms with van der Waals surface area (Å²) >= 11 is 1.58. The molecule has 2 nitrogen and oxygen atoms in total. The fourth-order valence-electron chi connectivity index (χ4n) is 1.97. The zero-order valence-electron chi connectivity index (χ0n) is 11.1. The number of rotatable bonds is 5. The molecule has 0 aliphatic carbocycles. The summed E-state index contributed by atoms with van der Waals surface area (Å²) in [6, 6.07) is 11.9. The Labute approximate surface area is 121 Å². The van der Waals surface area contributed by atoms with Crippen LogP contribution < -0.4 is 0 Å². The van der Waals surface area contributed by atoms with Gasteiger partial charge in [-0.3, -0.25) is 0 Å². The molecule has 0 saturated carbocycles. The van der Waals surface area contributed by atoms with Crippen molar-refractivity contribution in [1.82, 2.24) is 0 Å². The van der Waals surface area contributed by atoms with E-state index in [4.69, 9.17) is 5.11 Å². The van der Waals surface area contributed by atoms with Crippen molar-refractivity contribution in [2.45, 2.75) is 18.4 Å². The van der Waals surface area contributed by atoms with E-state index in [9.17, 15) is 9.18 Å². The maximum atomic E-state index is 13.2. The molecule has 0 fully saturated rings. The van der Waals surface area contributed by atoms with Crippen molar-refractivity contribution in [2.75, 3.05) is 0 Å². The highest BCUT2D eigenvalue weighted by Crippen LogP contribution is 2.22. The zero-order valence-corrected chi connectivity index (χ0v) is 11.9. The first-order valence-electron chi connectivity index (χ1n) is 6.21. The molecule has 4 heteroatoms. The van der Waals surface area contributed by atoms with Crippen LogP contribution in [-0.2, 0) is 11.5 Å². The van der Waals surface area contributed by atoms with Gasteiger partial charge in [-0.25, -0.2) is 9.18 Å². The minimum atomic E-state index is -1.02. The summed E-state index contributed by atoms with van der Waals surface area (Å²) in [7, 11) is 0. The summed E-state index contributed by atoms with van der Waals surface area (Å²) in [5.74, 6) is -0.165. The fraction of sp³-hybridized carbons (Fsp3) is 0.188. The van der Waals surface area contributed by atoms with Gasteiger partial charge in [-0.1, -0.05) is 29.8 Å². The molecule has 20 heavy (non-hydrogen) atoms. The molecule has 0 amide bonds. The van der Waals surface area contributed by atoms with Crippen molar-refractivity contribution in [1.29, 1.82) is 0 Å². The second-order valence-corrected chi connectivity index (χ2v) is 5.57. The third kappa shape index (κ3) is 3.84. The molecule has 0 spiro atoms. The molecule has 2 rings (SSSR count). The van der Waals surface area contributed by atoms with Gasteiger partial charge in [0.2, 0.25) is 0 Å². The van der Waals surface area contributed by atoms with Crippen molar-refractivity contribution >= 4 is 17.7 Å². The number of benzene rings is 2. The molecular formula is C16H15FO2S. The number of aryl methyl sites for hydroxylation is 1. The fourth-order valence-corrected chi connectivity index (χ4v) is 2.95. The first kappa shape index (κ1) is 14.6. The molecule has 0 aromatic heterocycles. The third-order valence-corrected chi connectivity index (χ3v) is 3.96. The number of hydrogen-bond acceptors (Lipinski definition) is 2. The lowest BCUT2D eigenvalue weighted by Gasteiger charge is -2.07. The summed E-state index contributed by atoms with van der Waals surface area (Å²) in [5, 5.41) is 9.08. The van der Waals surface area contributed by atoms with Gasteiger partial charge in [0, 0.05) is 11.5 Å². The van der Waals surface area contributed by atoms with E-state index in [-0.39, 0.29) is 5.56 Å². The SMILES string of the molecule is Cc1cccc(CSCc2cc(F)ccc2C(=O)O)c1. The Balaban J connectivity index is 2.04. The lowest BCUT2D eigenvalue weighted by Crippen LogP contribution is -2.02. The maximum Gasteiger partial charge on any atom is 0.335 e. The van der Waals surface area contributed by atoms with E-state index in [0.29, 0.717) is 11.3 Å². The predicted octanol–water partition coefficient (Wildman–Crippen LogP) is 4.27. The first-order chi connectivity index (χ1) is 9.56. The highest BCUT2D eigenvalue weighted by molar-refractivity contribution is 7.97. The summed E-state index contributed by atoms with van der Waals surface area (Å²) in [6.07, 6.45) is 0. The molecule has 0 bridgehead atoms. The first-order valence-corrected chi connectivity index (χ1v) is 7.37. The molecule has 2 aromatic carbocycles. The Kier molecular flexibility index (Phi) is 4.79. The Morgan fingerprint density at radius 2 is 2.00 bits per heavy atom. The largest absolute Gasteiger partial charge is 0.478 e. The molecule has 0 unspecified atom stereocenters. The van der Waals surface area contributed by atoms with Gasteiger partial charge in [-0.2, -0.15) is 11.8 Å². The standard InChI is InChI=1S/C16H15FO2S/c1-11-3-2-4-12(7-11)9-20-10-13-8-14(17)5-6-15(13)16(18)19/h2-8H,9-10H2,1H3,(H,18,19). The Hall–Kier alpha value is -1.81. The maximum absolute atomic E-state index is 13.2. The van der Waals surface area contributed by atoms with E-state index in [1.165, 1.54) is 29.3 Å². The minimum absolute atomic E-state index is 0.170. The summed E-state index contributed by atoms with van der Waals surface area (Å²) < 4.78 is 13.2. The van der Waals surface area contributed by atoms with Crippen LogP contribution in [-0.4, -0.2) is 11.1 Å². The average Bonchev–Trinajstić information content (AvgIpc) is 2.38. The number of carbonyl (C=O) groups is 1. The monoisotopic (exact) mass is 290 g/mol. The van der Waals surface area contributed by atoms with Gasteiger partial charge in [0.1, 0.15) is 5.82 Å². The van der Waals surface area contributed by atoms with Crippen LogP contribution in [0.1, 0.15) is 27.0 Å². The Morgan fingerprint density at radius 3 is 2.70 bits per heavy atom. The normalized spacial score (nSPS) is 10.5. The lowest BCUT2D eigenvalue weighted by atomic mass is 10.1. The van der Waals surface area contributed by atoms with Crippen LogP contribution in [0.2, 0.25) is 0 Å². The Bertz CT molecular complexity index is 626. The van der Waals surface area contributed by atoms with E-state index >= 15 is 0 Å². The molecule has 0 aliphatic rings. The quantitative estimate of drug-likeness (QED) is 0.893. The van der Waals surface area contributed by atoms with Crippen molar-refractivity contribution in [2.24, 2.45) is 0 Å². The van der Waals surface area contributed by atoms with E-state index in [1.54, 1.807) is 11.8 Å². The topological polar surface area (TPSA) is 37.3 Å². The highest BCUT2D eigenvalue weighted by atomic mass is 32.2. The molecule has 0 aliphatic heterocycles. The smallest absolute Gasteiger partial charge is 0.335 e. The highest BCUT2D eigenvalue weighted by Gasteiger charge is 2.10. The van der Waals surface area contributed by atoms with Crippen molar-refractivity contribution in [3.8, 4) is 0 Å². The van der Waals surface area contributed by atoms with Crippen LogP contribution in [0.25, 0.3) is 0 Å². The van der Waals surface area contributed by atoms with E-state index in [2.05, 4.69) is 6.07 Å². The predicted molar refractivity (Wildman–Crippen MR) is 79.5 cm³/mol. The van der Waals surface area contributed by atoms with Crippen molar-refractivity contribution < 1.29 is 14.3 Å². The van der Waals surface area contributed by atoms with E-state index < -0.39 is 11.8 Å². The molecule has 0 saturated heterocycles. The molecule has 0 atom stereocenters. The molecular weight excluding hydrogens is 275 g/mol. The number of aromatic carboxylic acids is 1. The second kappa shape index (κ2) is 6.57. The van der Waals surface area contributed by atoms with Crippen molar-refractivity contribution in [3.63, 3.8) is 0 Å². The van der Waals surface area contributed by atoms with Crippen LogP contribution in [0.15, 0.2) is 42.5 Å². The van der Waals surface area contributed by atoms with Gasteiger partial charge >= 0.3 is 5.97 Å². The van der Waals surface area contributed by atoms with E-state index in [0.717, 1.165) is 5.75 Å². The minimum Gasteiger partial charge on any atom is -0.478 e. The molecule has 0 radical (unpaired) electrons. The average molecular weight is 290 g/mol. The molecule has 0 heterocycles. The van der Waals surface area contributed by atoms with Gasteiger partial charge in [-0.05, 0) is 36.2 Å².